The van der Waals surface area contributed by atoms with Crippen LogP contribution in [0, 0.1) is 13.8 Å². The number of aryl methyl sites for hydroxylation is 2. The SMILES string of the molecule is Cc1cccc(N2CCN(C)c3nc(C)ccc3C2)n1. The van der Waals surface area contributed by atoms with E-state index in [0.717, 1.165) is 42.7 Å². The van der Waals surface area contributed by atoms with Crippen LogP contribution in [0.2, 0.25) is 0 Å². The van der Waals surface area contributed by atoms with Gasteiger partial charge in [-0.2, -0.15) is 0 Å². The lowest BCUT2D eigenvalue weighted by Crippen LogP contribution is -2.29. The Balaban J connectivity index is 1.96. The van der Waals surface area contributed by atoms with Gasteiger partial charge < -0.3 is 9.80 Å². The molecule has 0 aliphatic carbocycles. The molecule has 0 radical (unpaired) electrons. The third-order valence-corrected chi connectivity index (χ3v) is 3.72. The molecule has 104 valence electrons. The van der Waals surface area contributed by atoms with E-state index in [-0.39, 0.29) is 0 Å². The van der Waals surface area contributed by atoms with Crippen LogP contribution < -0.4 is 9.80 Å². The van der Waals surface area contributed by atoms with E-state index in [2.05, 4.69) is 51.1 Å². The fourth-order valence-corrected chi connectivity index (χ4v) is 2.59. The molecule has 2 aromatic heterocycles. The van der Waals surface area contributed by atoms with Crippen LogP contribution in [0.25, 0.3) is 0 Å². The third-order valence-electron chi connectivity index (χ3n) is 3.72. The van der Waals surface area contributed by atoms with E-state index in [0.29, 0.717) is 0 Å². The highest BCUT2D eigenvalue weighted by Crippen LogP contribution is 2.25. The molecule has 0 N–H and O–H groups in total. The molecule has 0 saturated heterocycles. The third kappa shape index (κ3) is 2.46. The Kier molecular flexibility index (Phi) is 3.30. The predicted molar refractivity (Wildman–Crippen MR) is 82.3 cm³/mol. The molecule has 3 rings (SSSR count). The molecule has 3 heterocycles. The van der Waals surface area contributed by atoms with Crippen molar-refractivity contribution in [2.24, 2.45) is 0 Å². The zero-order valence-corrected chi connectivity index (χ0v) is 12.3. The van der Waals surface area contributed by atoms with Crippen molar-refractivity contribution in [1.29, 1.82) is 0 Å². The summed E-state index contributed by atoms with van der Waals surface area (Å²) >= 11 is 0. The van der Waals surface area contributed by atoms with Gasteiger partial charge in [0.1, 0.15) is 11.6 Å². The zero-order chi connectivity index (χ0) is 14.1. The van der Waals surface area contributed by atoms with E-state index in [9.17, 15) is 0 Å². The number of hydrogen-bond acceptors (Lipinski definition) is 4. The van der Waals surface area contributed by atoms with E-state index in [1.807, 2.05) is 19.9 Å². The number of rotatable bonds is 1. The number of pyridine rings is 2. The topological polar surface area (TPSA) is 32.3 Å². The van der Waals surface area contributed by atoms with Crippen molar-refractivity contribution in [2.75, 3.05) is 29.9 Å². The van der Waals surface area contributed by atoms with Gasteiger partial charge in [0.25, 0.3) is 0 Å². The van der Waals surface area contributed by atoms with Gasteiger partial charge in [0.05, 0.1) is 0 Å². The van der Waals surface area contributed by atoms with Crippen molar-refractivity contribution in [3.8, 4) is 0 Å². The van der Waals surface area contributed by atoms with Crippen LogP contribution in [0.1, 0.15) is 17.0 Å². The van der Waals surface area contributed by atoms with Gasteiger partial charge in [0.2, 0.25) is 0 Å². The Morgan fingerprint density at radius 3 is 2.55 bits per heavy atom. The minimum atomic E-state index is 0.864. The molecular formula is C16H20N4. The average molecular weight is 268 g/mol. The highest BCUT2D eigenvalue weighted by atomic mass is 15.3. The van der Waals surface area contributed by atoms with Gasteiger partial charge in [-0.25, -0.2) is 9.97 Å². The summed E-state index contributed by atoms with van der Waals surface area (Å²) in [4.78, 5) is 13.9. The number of nitrogens with zero attached hydrogens (tertiary/aromatic N) is 4. The summed E-state index contributed by atoms with van der Waals surface area (Å²) in [6.07, 6.45) is 0. The van der Waals surface area contributed by atoms with Crippen LogP contribution in [-0.2, 0) is 6.54 Å². The summed E-state index contributed by atoms with van der Waals surface area (Å²) in [7, 11) is 2.11. The molecule has 20 heavy (non-hydrogen) atoms. The van der Waals surface area contributed by atoms with Crippen LogP contribution >= 0.6 is 0 Å². The molecule has 0 aromatic carbocycles. The van der Waals surface area contributed by atoms with E-state index < -0.39 is 0 Å². The summed E-state index contributed by atoms with van der Waals surface area (Å²) in [5, 5.41) is 0. The first-order valence-corrected chi connectivity index (χ1v) is 7.00. The van der Waals surface area contributed by atoms with E-state index in [1.165, 1.54) is 5.56 Å². The number of anilines is 2. The molecule has 1 aliphatic rings. The molecule has 0 bridgehead atoms. The standard InChI is InChI=1S/C16H20N4/c1-12-5-4-6-15(17-12)20-10-9-19(3)16-14(11-20)8-7-13(2)18-16/h4-8H,9-11H2,1-3H3. The van der Waals surface area contributed by atoms with Crippen LogP contribution in [0.3, 0.4) is 0 Å². The van der Waals surface area contributed by atoms with Crippen LogP contribution in [-0.4, -0.2) is 30.1 Å². The Morgan fingerprint density at radius 2 is 1.75 bits per heavy atom. The molecule has 4 heteroatoms. The zero-order valence-electron chi connectivity index (χ0n) is 12.3. The second-order valence-electron chi connectivity index (χ2n) is 5.42. The smallest absolute Gasteiger partial charge is 0.133 e. The predicted octanol–water partition coefficient (Wildman–Crippen LogP) is 2.55. The first-order chi connectivity index (χ1) is 9.63. The van der Waals surface area contributed by atoms with E-state index in [1.54, 1.807) is 0 Å². The first kappa shape index (κ1) is 12.9. The van der Waals surface area contributed by atoms with Crippen LogP contribution in [0.15, 0.2) is 30.3 Å². The molecule has 0 atom stereocenters. The van der Waals surface area contributed by atoms with Gasteiger partial charge in [-0.15, -0.1) is 0 Å². The summed E-state index contributed by atoms with van der Waals surface area (Å²) < 4.78 is 0. The van der Waals surface area contributed by atoms with Crippen LogP contribution in [0.4, 0.5) is 11.6 Å². The quantitative estimate of drug-likeness (QED) is 0.795. The fraction of sp³-hybridized carbons (Fsp3) is 0.375. The molecule has 2 aromatic rings. The maximum atomic E-state index is 4.68. The highest BCUT2D eigenvalue weighted by molar-refractivity contribution is 5.52. The minimum Gasteiger partial charge on any atom is -0.358 e. The Labute approximate surface area is 120 Å². The van der Waals surface area contributed by atoms with Gasteiger partial charge >= 0.3 is 0 Å². The van der Waals surface area contributed by atoms with Crippen molar-refractivity contribution in [2.45, 2.75) is 20.4 Å². The first-order valence-electron chi connectivity index (χ1n) is 7.00. The van der Waals surface area contributed by atoms with E-state index in [4.69, 9.17) is 0 Å². The van der Waals surface area contributed by atoms with Crippen molar-refractivity contribution in [3.63, 3.8) is 0 Å². The average Bonchev–Trinajstić information content (AvgIpc) is 2.59. The number of aromatic nitrogens is 2. The van der Waals surface area contributed by atoms with Crippen molar-refractivity contribution in [3.05, 3.63) is 47.3 Å². The summed E-state index contributed by atoms with van der Waals surface area (Å²) in [5.41, 5.74) is 3.39. The molecule has 0 spiro atoms. The van der Waals surface area contributed by atoms with Gasteiger partial charge in [0.15, 0.2) is 0 Å². The molecule has 0 fully saturated rings. The molecule has 0 saturated carbocycles. The Bertz CT molecular complexity index is 624. The fourth-order valence-electron chi connectivity index (χ4n) is 2.59. The number of hydrogen-bond donors (Lipinski definition) is 0. The van der Waals surface area contributed by atoms with Crippen molar-refractivity contribution in [1.82, 2.24) is 9.97 Å². The number of likely N-dealkylation sites (N-methyl/N-ethyl adjacent to an activating group) is 1. The largest absolute Gasteiger partial charge is 0.358 e. The van der Waals surface area contributed by atoms with Crippen LogP contribution in [0.5, 0.6) is 0 Å². The van der Waals surface area contributed by atoms with Gasteiger partial charge in [-0.3, -0.25) is 0 Å². The maximum absolute atomic E-state index is 4.68. The van der Waals surface area contributed by atoms with E-state index >= 15 is 0 Å². The monoisotopic (exact) mass is 268 g/mol. The van der Waals surface area contributed by atoms with Gasteiger partial charge in [-0.05, 0) is 32.0 Å². The summed E-state index contributed by atoms with van der Waals surface area (Å²) in [6, 6.07) is 10.5. The van der Waals surface area contributed by atoms with Gasteiger partial charge in [-0.1, -0.05) is 12.1 Å². The summed E-state index contributed by atoms with van der Waals surface area (Å²) in [6.45, 7) is 6.86. The number of fused-ring (bicyclic) bond motifs is 1. The second kappa shape index (κ2) is 5.12. The lowest BCUT2D eigenvalue weighted by atomic mass is 10.2. The summed E-state index contributed by atoms with van der Waals surface area (Å²) in [5.74, 6) is 2.15. The highest BCUT2D eigenvalue weighted by Gasteiger charge is 2.19. The lowest BCUT2D eigenvalue weighted by Gasteiger charge is -2.22. The Hall–Kier alpha value is -2.10. The maximum Gasteiger partial charge on any atom is 0.133 e. The van der Waals surface area contributed by atoms with Crippen molar-refractivity contribution >= 4 is 11.6 Å². The van der Waals surface area contributed by atoms with Crippen molar-refractivity contribution < 1.29 is 0 Å². The molecule has 0 unspecified atom stereocenters. The minimum absolute atomic E-state index is 0.864. The molecule has 1 aliphatic heterocycles. The lowest BCUT2D eigenvalue weighted by molar-refractivity contribution is 0.781. The molecular weight excluding hydrogens is 248 g/mol. The molecule has 4 nitrogen and oxygen atoms in total. The van der Waals surface area contributed by atoms with Gasteiger partial charge in [0, 0.05) is 43.6 Å². The molecule has 0 amide bonds. The normalized spacial score (nSPS) is 14.9. The second-order valence-corrected chi connectivity index (χ2v) is 5.42. The Morgan fingerprint density at radius 1 is 0.950 bits per heavy atom.